The highest BCUT2D eigenvalue weighted by Gasteiger charge is 2.48. The van der Waals surface area contributed by atoms with Crippen molar-refractivity contribution < 1.29 is 9.59 Å². The molecular weight excluding hydrogens is 290 g/mol. The zero-order valence-corrected chi connectivity index (χ0v) is 12.1. The molecule has 0 aromatic carbocycles. The van der Waals surface area contributed by atoms with E-state index in [1.54, 1.807) is 22.7 Å². The van der Waals surface area contributed by atoms with Crippen LogP contribution < -0.4 is 5.32 Å². The van der Waals surface area contributed by atoms with Crippen LogP contribution in [-0.4, -0.2) is 11.7 Å². The van der Waals surface area contributed by atoms with Crippen molar-refractivity contribution >= 4 is 39.9 Å². The standard InChI is InChI=1S/C15H11NO2S2/c17-9-7-8(10-3-1-5-19-10)12-13(9)14(16-15(12)18)11-4-2-6-20-11/h1-6,13-14H,7H2,(H,16,18). The number of fused-ring (bicyclic) bond motifs is 1. The molecule has 4 rings (SSSR count). The van der Waals surface area contributed by atoms with E-state index in [0.29, 0.717) is 12.0 Å². The molecule has 2 aliphatic rings. The van der Waals surface area contributed by atoms with Gasteiger partial charge in [-0.3, -0.25) is 9.59 Å². The van der Waals surface area contributed by atoms with Crippen molar-refractivity contribution in [3.05, 3.63) is 50.4 Å². The number of Topliss-reactive ketones (excluding diaryl/α,β-unsaturated/α-hetero) is 1. The van der Waals surface area contributed by atoms with Crippen LogP contribution in [0, 0.1) is 5.92 Å². The topological polar surface area (TPSA) is 46.2 Å². The highest BCUT2D eigenvalue weighted by atomic mass is 32.1. The Balaban J connectivity index is 1.83. The molecule has 100 valence electrons. The molecule has 5 heteroatoms. The predicted octanol–water partition coefficient (Wildman–Crippen LogP) is 3.02. The van der Waals surface area contributed by atoms with Crippen LogP contribution in [0.4, 0.5) is 0 Å². The smallest absolute Gasteiger partial charge is 0.248 e. The number of carbonyl (C=O) groups is 2. The molecule has 3 nitrogen and oxygen atoms in total. The maximum atomic E-state index is 12.4. The summed E-state index contributed by atoms with van der Waals surface area (Å²) in [5, 5.41) is 6.93. The Labute approximate surface area is 123 Å². The zero-order valence-electron chi connectivity index (χ0n) is 10.5. The SMILES string of the molecule is O=C1NC(c2cccs2)C2C(=O)CC(c3cccs3)=C12. The lowest BCUT2D eigenvalue weighted by Crippen LogP contribution is -2.23. The molecule has 2 unspecified atom stereocenters. The minimum atomic E-state index is -0.307. The first-order valence-electron chi connectivity index (χ1n) is 6.39. The number of amides is 1. The van der Waals surface area contributed by atoms with Gasteiger partial charge in [0.05, 0.1) is 12.0 Å². The molecule has 2 aromatic heterocycles. The molecule has 1 N–H and O–H groups in total. The fourth-order valence-corrected chi connectivity index (χ4v) is 4.63. The Morgan fingerprint density at radius 1 is 1.10 bits per heavy atom. The Morgan fingerprint density at radius 2 is 1.90 bits per heavy atom. The summed E-state index contributed by atoms with van der Waals surface area (Å²) in [6.07, 6.45) is 0.385. The van der Waals surface area contributed by atoms with Crippen molar-refractivity contribution in [1.82, 2.24) is 5.32 Å². The van der Waals surface area contributed by atoms with Gasteiger partial charge in [-0.2, -0.15) is 0 Å². The number of carbonyl (C=O) groups excluding carboxylic acids is 2. The third-order valence-electron chi connectivity index (χ3n) is 3.87. The number of thiophene rings is 2. The second kappa shape index (κ2) is 4.40. The molecular formula is C15H11NO2S2. The Morgan fingerprint density at radius 3 is 2.60 bits per heavy atom. The van der Waals surface area contributed by atoms with E-state index in [4.69, 9.17) is 0 Å². The Hall–Kier alpha value is -1.72. The number of rotatable bonds is 2. The molecule has 1 aliphatic carbocycles. The summed E-state index contributed by atoms with van der Waals surface area (Å²) < 4.78 is 0. The van der Waals surface area contributed by atoms with Gasteiger partial charge in [-0.05, 0) is 28.5 Å². The quantitative estimate of drug-likeness (QED) is 0.927. The summed E-state index contributed by atoms with van der Waals surface area (Å²) in [6.45, 7) is 0. The fourth-order valence-electron chi connectivity index (χ4n) is 3.04. The lowest BCUT2D eigenvalue weighted by atomic mass is 9.95. The molecule has 1 fully saturated rings. The molecule has 0 spiro atoms. The Bertz CT molecular complexity index is 713. The van der Waals surface area contributed by atoms with Gasteiger partial charge in [0.2, 0.25) is 5.91 Å². The molecule has 0 radical (unpaired) electrons. The molecule has 20 heavy (non-hydrogen) atoms. The van der Waals surface area contributed by atoms with Crippen molar-refractivity contribution in [1.29, 1.82) is 0 Å². The van der Waals surface area contributed by atoms with E-state index in [9.17, 15) is 9.59 Å². The zero-order chi connectivity index (χ0) is 13.7. The van der Waals surface area contributed by atoms with Crippen LogP contribution in [0.1, 0.15) is 22.2 Å². The summed E-state index contributed by atoms with van der Waals surface area (Å²) in [4.78, 5) is 26.8. The predicted molar refractivity (Wildman–Crippen MR) is 79.6 cm³/mol. The normalized spacial score (nSPS) is 25.2. The number of nitrogens with one attached hydrogen (secondary N) is 1. The molecule has 0 saturated carbocycles. The van der Waals surface area contributed by atoms with Gasteiger partial charge < -0.3 is 5.32 Å². The van der Waals surface area contributed by atoms with E-state index in [-0.39, 0.29) is 23.7 Å². The van der Waals surface area contributed by atoms with Crippen LogP contribution in [0.5, 0.6) is 0 Å². The molecule has 0 bridgehead atoms. The number of allylic oxidation sites excluding steroid dienone is 1. The van der Waals surface area contributed by atoms with E-state index in [0.717, 1.165) is 15.3 Å². The summed E-state index contributed by atoms with van der Waals surface area (Å²) in [5.74, 6) is -0.235. The Kier molecular flexibility index (Phi) is 2.65. The first-order chi connectivity index (χ1) is 9.75. The van der Waals surface area contributed by atoms with Gasteiger partial charge in [0, 0.05) is 21.7 Å². The largest absolute Gasteiger partial charge is 0.344 e. The van der Waals surface area contributed by atoms with Crippen molar-refractivity contribution in [2.45, 2.75) is 12.5 Å². The highest BCUT2D eigenvalue weighted by molar-refractivity contribution is 7.11. The van der Waals surface area contributed by atoms with Gasteiger partial charge in [0.15, 0.2) is 0 Å². The van der Waals surface area contributed by atoms with Crippen molar-refractivity contribution in [3.63, 3.8) is 0 Å². The van der Waals surface area contributed by atoms with Crippen LogP contribution in [0.2, 0.25) is 0 Å². The molecule has 2 aromatic rings. The van der Waals surface area contributed by atoms with Gasteiger partial charge >= 0.3 is 0 Å². The average Bonchev–Trinajstić information content (AvgIpc) is 3.17. The molecule has 1 amide bonds. The summed E-state index contributed by atoms with van der Waals surface area (Å²) in [7, 11) is 0. The van der Waals surface area contributed by atoms with E-state index < -0.39 is 0 Å². The monoisotopic (exact) mass is 301 g/mol. The summed E-state index contributed by atoms with van der Waals surface area (Å²) in [6, 6.07) is 7.69. The number of hydrogen-bond acceptors (Lipinski definition) is 4. The number of hydrogen-bond donors (Lipinski definition) is 1. The van der Waals surface area contributed by atoms with Crippen LogP contribution in [0.15, 0.2) is 40.6 Å². The van der Waals surface area contributed by atoms with Gasteiger partial charge in [-0.15, -0.1) is 22.7 Å². The molecule has 2 atom stereocenters. The van der Waals surface area contributed by atoms with Crippen molar-refractivity contribution in [3.8, 4) is 0 Å². The number of ketones is 1. The highest BCUT2D eigenvalue weighted by Crippen LogP contribution is 2.47. The van der Waals surface area contributed by atoms with Crippen LogP contribution >= 0.6 is 22.7 Å². The van der Waals surface area contributed by atoms with Crippen LogP contribution in [-0.2, 0) is 9.59 Å². The van der Waals surface area contributed by atoms with Crippen molar-refractivity contribution in [2.75, 3.05) is 0 Å². The van der Waals surface area contributed by atoms with Gasteiger partial charge in [0.25, 0.3) is 0 Å². The maximum Gasteiger partial charge on any atom is 0.248 e. The van der Waals surface area contributed by atoms with E-state index >= 15 is 0 Å². The lowest BCUT2D eigenvalue weighted by Gasteiger charge is -2.13. The summed E-state index contributed by atoms with van der Waals surface area (Å²) >= 11 is 3.17. The maximum absolute atomic E-state index is 12.4. The van der Waals surface area contributed by atoms with Gasteiger partial charge in [-0.25, -0.2) is 0 Å². The second-order valence-corrected chi connectivity index (χ2v) is 6.88. The van der Waals surface area contributed by atoms with Gasteiger partial charge in [0.1, 0.15) is 5.78 Å². The third-order valence-corrected chi connectivity index (χ3v) is 5.75. The lowest BCUT2D eigenvalue weighted by molar-refractivity contribution is -0.120. The molecule has 1 aliphatic heterocycles. The minimum Gasteiger partial charge on any atom is -0.344 e. The van der Waals surface area contributed by atoms with E-state index in [1.807, 2.05) is 35.0 Å². The van der Waals surface area contributed by atoms with E-state index in [1.165, 1.54) is 0 Å². The first-order valence-corrected chi connectivity index (χ1v) is 8.15. The van der Waals surface area contributed by atoms with Crippen LogP contribution in [0.25, 0.3) is 5.57 Å². The fraction of sp³-hybridized carbons (Fsp3) is 0.200. The first kappa shape index (κ1) is 12.1. The molecule has 1 saturated heterocycles. The van der Waals surface area contributed by atoms with E-state index in [2.05, 4.69) is 5.32 Å². The van der Waals surface area contributed by atoms with Gasteiger partial charge in [-0.1, -0.05) is 12.1 Å². The third kappa shape index (κ3) is 1.63. The average molecular weight is 301 g/mol. The minimum absolute atomic E-state index is 0.0809. The molecule has 3 heterocycles. The van der Waals surface area contributed by atoms with Crippen LogP contribution in [0.3, 0.4) is 0 Å². The summed E-state index contributed by atoms with van der Waals surface area (Å²) in [5.41, 5.74) is 1.61. The van der Waals surface area contributed by atoms with Crippen molar-refractivity contribution in [2.24, 2.45) is 5.92 Å². The second-order valence-electron chi connectivity index (χ2n) is 4.96.